The lowest BCUT2D eigenvalue weighted by Crippen LogP contribution is -2.45. The van der Waals surface area contributed by atoms with Crippen molar-refractivity contribution < 1.29 is 28.4 Å². The molecular formula is C20H20ClFN2O6. The van der Waals surface area contributed by atoms with Gasteiger partial charge in [0.15, 0.2) is 11.6 Å². The maximum atomic E-state index is 13.8. The zero-order chi connectivity index (χ0) is 22.4. The topological polar surface area (TPSA) is 108 Å². The van der Waals surface area contributed by atoms with Gasteiger partial charge in [-0.05, 0) is 35.7 Å². The number of hydrogen-bond acceptors (Lipinski definition) is 6. The van der Waals surface area contributed by atoms with E-state index >= 15 is 0 Å². The van der Waals surface area contributed by atoms with E-state index in [1.54, 1.807) is 19.9 Å². The van der Waals surface area contributed by atoms with Gasteiger partial charge in [-0.3, -0.25) is 14.9 Å². The van der Waals surface area contributed by atoms with Crippen LogP contribution in [0.4, 0.5) is 10.1 Å². The summed E-state index contributed by atoms with van der Waals surface area (Å²) in [6.45, 7) is 3.19. The number of carbonyl (C=O) groups excluding carboxylic acids is 2. The monoisotopic (exact) mass is 438 g/mol. The van der Waals surface area contributed by atoms with E-state index in [0.29, 0.717) is 5.56 Å². The third kappa shape index (κ3) is 5.66. The van der Waals surface area contributed by atoms with Gasteiger partial charge in [-0.25, -0.2) is 9.18 Å². The highest BCUT2D eigenvalue weighted by Gasteiger charge is 2.27. The molecule has 1 atom stereocenters. The van der Waals surface area contributed by atoms with Gasteiger partial charge in [-0.1, -0.05) is 31.5 Å². The predicted octanol–water partition coefficient (Wildman–Crippen LogP) is 3.89. The number of nitro groups is 1. The molecule has 0 saturated heterocycles. The lowest BCUT2D eigenvalue weighted by Gasteiger charge is -2.21. The van der Waals surface area contributed by atoms with Gasteiger partial charge in [0.2, 0.25) is 0 Å². The lowest BCUT2D eigenvalue weighted by atomic mass is 10.0. The average Bonchev–Trinajstić information content (AvgIpc) is 2.70. The van der Waals surface area contributed by atoms with Crippen molar-refractivity contribution in [3.63, 3.8) is 0 Å². The Labute approximate surface area is 177 Å². The number of amides is 1. The molecule has 2 aromatic carbocycles. The van der Waals surface area contributed by atoms with E-state index in [4.69, 9.17) is 21.1 Å². The standard InChI is InChI=1S/C20H20ClFN2O6/c1-11(2)18(20(26)30-10-12-4-7-17(29-3)15(22)8-12)23-19(25)13-5-6-14(21)16(9-13)24(27)28/h4-9,11,18H,10H2,1-3H3,(H,23,25). The molecule has 30 heavy (non-hydrogen) atoms. The first-order valence-corrected chi connectivity index (χ1v) is 9.25. The van der Waals surface area contributed by atoms with E-state index in [9.17, 15) is 24.1 Å². The fourth-order valence-electron chi connectivity index (χ4n) is 2.56. The van der Waals surface area contributed by atoms with Crippen LogP contribution in [-0.2, 0) is 16.1 Å². The number of rotatable bonds is 8. The first-order valence-electron chi connectivity index (χ1n) is 8.88. The van der Waals surface area contributed by atoms with Crippen LogP contribution in [0.2, 0.25) is 5.02 Å². The van der Waals surface area contributed by atoms with Gasteiger partial charge in [0, 0.05) is 11.6 Å². The summed E-state index contributed by atoms with van der Waals surface area (Å²) < 4.78 is 23.8. The molecule has 0 spiro atoms. The van der Waals surface area contributed by atoms with Gasteiger partial charge >= 0.3 is 5.97 Å². The fraction of sp³-hybridized carbons (Fsp3) is 0.300. The molecule has 10 heteroatoms. The Kier molecular flexibility index (Phi) is 7.71. The van der Waals surface area contributed by atoms with E-state index < -0.39 is 34.3 Å². The first kappa shape index (κ1) is 23.1. The third-order valence-electron chi connectivity index (χ3n) is 4.21. The van der Waals surface area contributed by atoms with Crippen molar-refractivity contribution in [2.24, 2.45) is 5.92 Å². The number of nitrogens with zero attached hydrogens (tertiary/aromatic N) is 1. The Morgan fingerprint density at radius 1 is 1.23 bits per heavy atom. The lowest BCUT2D eigenvalue weighted by molar-refractivity contribution is -0.384. The maximum absolute atomic E-state index is 13.8. The molecular weight excluding hydrogens is 419 g/mol. The number of esters is 1. The third-order valence-corrected chi connectivity index (χ3v) is 4.53. The molecule has 0 radical (unpaired) electrons. The highest BCUT2D eigenvalue weighted by Crippen LogP contribution is 2.25. The molecule has 2 rings (SSSR count). The minimum absolute atomic E-state index is 0.0261. The highest BCUT2D eigenvalue weighted by molar-refractivity contribution is 6.32. The van der Waals surface area contributed by atoms with Crippen molar-refractivity contribution in [1.29, 1.82) is 0 Å². The average molecular weight is 439 g/mol. The minimum Gasteiger partial charge on any atom is -0.494 e. The van der Waals surface area contributed by atoms with Crippen molar-refractivity contribution in [3.8, 4) is 5.75 Å². The molecule has 0 fully saturated rings. The quantitative estimate of drug-likeness (QED) is 0.380. The molecule has 1 amide bonds. The van der Waals surface area contributed by atoms with Crippen molar-refractivity contribution in [2.75, 3.05) is 7.11 Å². The zero-order valence-corrected chi connectivity index (χ0v) is 17.2. The number of methoxy groups -OCH3 is 1. The van der Waals surface area contributed by atoms with Gasteiger partial charge in [0.25, 0.3) is 11.6 Å². The van der Waals surface area contributed by atoms with E-state index in [-0.39, 0.29) is 28.9 Å². The Hall–Kier alpha value is -3.20. The summed E-state index contributed by atoms with van der Waals surface area (Å²) in [5.41, 5.74) is -0.0416. The van der Waals surface area contributed by atoms with Crippen LogP contribution in [-0.4, -0.2) is 30.0 Å². The molecule has 0 heterocycles. The Balaban J connectivity index is 2.09. The number of halogens is 2. The number of hydrogen-bond donors (Lipinski definition) is 1. The Bertz CT molecular complexity index is 966. The van der Waals surface area contributed by atoms with Crippen LogP contribution in [0.1, 0.15) is 29.8 Å². The molecule has 8 nitrogen and oxygen atoms in total. The van der Waals surface area contributed by atoms with Gasteiger partial charge in [0.1, 0.15) is 17.7 Å². The van der Waals surface area contributed by atoms with Gasteiger partial charge in [0.05, 0.1) is 12.0 Å². The van der Waals surface area contributed by atoms with Crippen LogP contribution in [0, 0.1) is 21.8 Å². The number of ether oxygens (including phenoxy) is 2. The second-order valence-electron chi connectivity index (χ2n) is 6.70. The molecule has 0 aliphatic heterocycles. The summed E-state index contributed by atoms with van der Waals surface area (Å²) in [5, 5.41) is 13.4. The summed E-state index contributed by atoms with van der Waals surface area (Å²) in [4.78, 5) is 35.3. The van der Waals surface area contributed by atoms with Gasteiger partial charge < -0.3 is 14.8 Å². The first-order chi connectivity index (χ1) is 14.1. The summed E-state index contributed by atoms with van der Waals surface area (Å²) in [7, 11) is 1.34. The van der Waals surface area contributed by atoms with E-state index in [1.807, 2.05) is 0 Å². The molecule has 0 aliphatic rings. The van der Waals surface area contributed by atoms with Crippen molar-refractivity contribution in [3.05, 3.63) is 68.5 Å². The van der Waals surface area contributed by atoms with Gasteiger partial charge in [-0.15, -0.1) is 0 Å². The number of carbonyl (C=O) groups is 2. The van der Waals surface area contributed by atoms with Gasteiger partial charge in [-0.2, -0.15) is 0 Å². The fourth-order valence-corrected chi connectivity index (χ4v) is 2.75. The smallest absolute Gasteiger partial charge is 0.329 e. The molecule has 0 saturated carbocycles. The number of nitrogens with one attached hydrogen (secondary N) is 1. The summed E-state index contributed by atoms with van der Waals surface area (Å²) in [6, 6.07) is 6.69. The molecule has 160 valence electrons. The van der Waals surface area contributed by atoms with Crippen LogP contribution in [0.3, 0.4) is 0 Å². The second kappa shape index (κ2) is 10.0. The van der Waals surface area contributed by atoms with Crippen molar-refractivity contribution in [2.45, 2.75) is 26.5 Å². The molecule has 1 N–H and O–H groups in total. The minimum atomic E-state index is -1.02. The van der Waals surface area contributed by atoms with Crippen molar-refractivity contribution in [1.82, 2.24) is 5.32 Å². The normalized spacial score (nSPS) is 11.7. The predicted molar refractivity (Wildman–Crippen MR) is 107 cm³/mol. The number of benzene rings is 2. The Morgan fingerprint density at radius 2 is 1.93 bits per heavy atom. The molecule has 1 unspecified atom stereocenters. The molecule has 0 aliphatic carbocycles. The summed E-state index contributed by atoms with van der Waals surface area (Å²) in [5.74, 6) is -2.28. The zero-order valence-electron chi connectivity index (χ0n) is 16.5. The summed E-state index contributed by atoms with van der Waals surface area (Å²) >= 11 is 5.75. The second-order valence-corrected chi connectivity index (χ2v) is 7.10. The summed E-state index contributed by atoms with van der Waals surface area (Å²) in [6.07, 6.45) is 0. The van der Waals surface area contributed by atoms with E-state index in [2.05, 4.69) is 5.32 Å². The van der Waals surface area contributed by atoms with Crippen LogP contribution < -0.4 is 10.1 Å². The largest absolute Gasteiger partial charge is 0.494 e. The molecule has 2 aromatic rings. The highest BCUT2D eigenvalue weighted by atomic mass is 35.5. The van der Waals surface area contributed by atoms with Crippen LogP contribution >= 0.6 is 11.6 Å². The van der Waals surface area contributed by atoms with Crippen LogP contribution in [0.15, 0.2) is 36.4 Å². The Morgan fingerprint density at radius 3 is 2.50 bits per heavy atom. The number of nitro benzene ring substituents is 1. The van der Waals surface area contributed by atoms with Crippen LogP contribution in [0.5, 0.6) is 5.75 Å². The SMILES string of the molecule is COc1ccc(COC(=O)C(NC(=O)c2ccc(Cl)c([N+](=O)[O-])c2)C(C)C)cc1F. The van der Waals surface area contributed by atoms with Crippen molar-refractivity contribution >= 4 is 29.2 Å². The molecule has 0 bridgehead atoms. The molecule has 0 aromatic heterocycles. The van der Waals surface area contributed by atoms with Crippen LogP contribution in [0.25, 0.3) is 0 Å². The maximum Gasteiger partial charge on any atom is 0.329 e. The van der Waals surface area contributed by atoms with E-state index in [1.165, 1.54) is 31.4 Å². The van der Waals surface area contributed by atoms with E-state index in [0.717, 1.165) is 6.07 Å².